The van der Waals surface area contributed by atoms with Gasteiger partial charge < -0.3 is 16.2 Å². The Morgan fingerprint density at radius 3 is 2.82 bits per heavy atom. The fourth-order valence-electron chi connectivity index (χ4n) is 2.34. The maximum atomic E-state index is 13.6. The minimum atomic E-state index is -0.950. The van der Waals surface area contributed by atoms with Gasteiger partial charge in [-0.25, -0.2) is 8.78 Å². The van der Waals surface area contributed by atoms with E-state index in [2.05, 4.69) is 5.32 Å². The molecule has 1 aromatic carbocycles. The van der Waals surface area contributed by atoms with Gasteiger partial charge in [0.1, 0.15) is 0 Å². The molecule has 2 unspecified atom stereocenters. The smallest absolute Gasteiger partial charge is 0.183 e. The molecule has 17 heavy (non-hydrogen) atoms. The Morgan fingerprint density at radius 1 is 1.35 bits per heavy atom. The van der Waals surface area contributed by atoms with Crippen molar-refractivity contribution in [3.05, 3.63) is 23.8 Å². The van der Waals surface area contributed by atoms with E-state index in [1.165, 1.54) is 6.07 Å². The van der Waals surface area contributed by atoms with E-state index in [-0.39, 0.29) is 29.9 Å². The standard InChI is InChI=1S/C12H16F2N2O/c13-8-4-5-9(15)12(11(8)14)16-10-3-1-2-7(10)6-17/h4-5,7,10,16-17H,1-3,6,15H2. The van der Waals surface area contributed by atoms with E-state index < -0.39 is 11.6 Å². The molecule has 0 bridgehead atoms. The van der Waals surface area contributed by atoms with E-state index in [0.717, 1.165) is 25.3 Å². The van der Waals surface area contributed by atoms with Crippen molar-refractivity contribution in [2.24, 2.45) is 5.92 Å². The van der Waals surface area contributed by atoms with Gasteiger partial charge in [-0.05, 0) is 25.0 Å². The van der Waals surface area contributed by atoms with Gasteiger partial charge in [0.05, 0.1) is 11.4 Å². The molecule has 1 aromatic rings. The molecule has 0 amide bonds. The van der Waals surface area contributed by atoms with E-state index in [0.29, 0.717) is 0 Å². The quantitative estimate of drug-likeness (QED) is 0.711. The number of hydrogen-bond acceptors (Lipinski definition) is 3. The third kappa shape index (κ3) is 2.34. The number of nitrogens with two attached hydrogens (primary N) is 1. The SMILES string of the molecule is Nc1ccc(F)c(F)c1NC1CCCC1CO. The number of nitrogen functional groups attached to an aromatic ring is 1. The second-order valence-corrected chi connectivity index (χ2v) is 4.45. The zero-order valence-corrected chi connectivity index (χ0v) is 9.42. The summed E-state index contributed by atoms with van der Waals surface area (Å²) in [5, 5.41) is 12.1. The molecule has 2 atom stereocenters. The highest BCUT2D eigenvalue weighted by Crippen LogP contribution is 2.32. The first-order valence-corrected chi connectivity index (χ1v) is 5.74. The topological polar surface area (TPSA) is 58.3 Å². The molecule has 5 heteroatoms. The van der Waals surface area contributed by atoms with Crippen molar-refractivity contribution in [3.8, 4) is 0 Å². The van der Waals surface area contributed by atoms with Crippen molar-refractivity contribution in [2.45, 2.75) is 25.3 Å². The molecule has 0 saturated heterocycles. The number of hydrogen-bond donors (Lipinski definition) is 3. The Bertz CT molecular complexity index is 412. The summed E-state index contributed by atoms with van der Waals surface area (Å²) < 4.78 is 26.7. The van der Waals surface area contributed by atoms with Crippen LogP contribution in [-0.4, -0.2) is 17.8 Å². The van der Waals surface area contributed by atoms with Crippen molar-refractivity contribution in [1.29, 1.82) is 0 Å². The maximum Gasteiger partial charge on any atom is 0.183 e. The molecule has 94 valence electrons. The molecule has 1 fully saturated rings. The fourth-order valence-corrected chi connectivity index (χ4v) is 2.34. The average Bonchev–Trinajstić information content (AvgIpc) is 2.77. The van der Waals surface area contributed by atoms with Crippen LogP contribution in [0.5, 0.6) is 0 Å². The molecule has 1 aliphatic carbocycles. The highest BCUT2D eigenvalue weighted by Gasteiger charge is 2.28. The highest BCUT2D eigenvalue weighted by atomic mass is 19.2. The summed E-state index contributed by atoms with van der Waals surface area (Å²) in [5.74, 6) is -1.79. The number of halogens is 2. The molecule has 3 nitrogen and oxygen atoms in total. The van der Waals surface area contributed by atoms with Crippen molar-refractivity contribution in [1.82, 2.24) is 0 Å². The van der Waals surface area contributed by atoms with Gasteiger partial charge in [0.2, 0.25) is 0 Å². The number of rotatable bonds is 3. The van der Waals surface area contributed by atoms with E-state index in [1.54, 1.807) is 0 Å². The van der Waals surface area contributed by atoms with Crippen LogP contribution in [0.2, 0.25) is 0 Å². The van der Waals surface area contributed by atoms with Crippen LogP contribution >= 0.6 is 0 Å². The van der Waals surface area contributed by atoms with Gasteiger partial charge >= 0.3 is 0 Å². The Labute approximate surface area is 98.6 Å². The van der Waals surface area contributed by atoms with Gasteiger partial charge in [-0.1, -0.05) is 6.42 Å². The first-order valence-electron chi connectivity index (χ1n) is 5.74. The average molecular weight is 242 g/mol. The second kappa shape index (κ2) is 4.87. The van der Waals surface area contributed by atoms with Crippen LogP contribution < -0.4 is 11.1 Å². The molecule has 1 saturated carbocycles. The number of aliphatic hydroxyl groups excluding tert-OH is 1. The summed E-state index contributed by atoms with van der Waals surface area (Å²) in [7, 11) is 0. The number of nitrogens with one attached hydrogen (secondary N) is 1. The molecule has 4 N–H and O–H groups in total. The lowest BCUT2D eigenvalue weighted by Gasteiger charge is -2.21. The normalized spacial score (nSPS) is 23.9. The monoisotopic (exact) mass is 242 g/mol. The number of benzene rings is 1. The van der Waals surface area contributed by atoms with Crippen LogP contribution in [0.1, 0.15) is 19.3 Å². The van der Waals surface area contributed by atoms with Crippen LogP contribution in [0, 0.1) is 17.6 Å². The molecule has 0 radical (unpaired) electrons. The second-order valence-electron chi connectivity index (χ2n) is 4.45. The predicted octanol–water partition coefficient (Wildman–Crippen LogP) is 2.12. The highest BCUT2D eigenvalue weighted by molar-refractivity contribution is 5.67. The van der Waals surface area contributed by atoms with Crippen LogP contribution in [0.25, 0.3) is 0 Å². The summed E-state index contributed by atoms with van der Waals surface area (Å²) in [6.07, 6.45) is 2.70. The predicted molar refractivity (Wildman–Crippen MR) is 62.6 cm³/mol. The first kappa shape index (κ1) is 12.1. The summed E-state index contributed by atoms with van der Waals surface area (Å²) in [6.45, 7) is 0.0501. The van der Waals surface area contributed by atoms with Crippen LogP contribution in [0.15, 0.2) is 12.1 Å². The lowest BCUT2D eigenvalue weighted by Crippen LogP contribution is -2.27. The molecule has 0 spiro atoms. The van der Waals surface area contributed by atoms with Crippen molar-refractivity contribution >= 4 is 11.4 Å². The van der Waals surface area contributed by atoms with Gasteiger partial charge in [0, 0.05) is 18.6 Å². The first-order chi connectivity index (χ1) is 8.13. The van der Waals surface area contributed by atoms with Gasteiger partial charge in [-0.3, -0.25) is 0 Å². The molecule has 1 aliphatic rings. The molecule has 0 heterocycles. The van der Waals surface area contributed by atoms with Crippen molar-refractivity contribution in [2.75, 3.05) is 17.7 Å². The van der Waals surface area contributed by atoms with E-state index in [1.807, 2.05) is 0 Å². The minimum absolute atomic E-state index is 0.00958. The molecular formula is C12H16F2N2O. The number of anilines is 2. The minimum Gasteiger partial charge on any atom is -0.397 e. The molecular weight excluding hydrogens is 226 g/mol. The Morgan fingerprint density at radius 2 is 2.12 bits per heavy atom. The van der Waals surface area contributed by atoms with E-state index in [9.17, 15) is 8.78 Å². The van der Waals surface area contributed by atoms with Crippen LogP contribution in [-0.2, 0) is 0 Å². The van der Waals surface area contributed by atoms with Crippen molar-refractivity contribution < 1.29 is 13.9 Å². The molecule has 0 aliphatic heterocycles. The van der Waals surface area contributed by atoms with Gasteiger partial charge in [0.25, 0.3) is 0 Å². The Balaban J connectivity index is 2.21. The number of aliphatic hydroxyl groups is 1. The van der Waals surface area contributed by atoms with Crippen molar-refractivity contribution in [3.63, 3.8) is 0 Å². The third-order valence-electron chi connectivity index (χ3n) is 3.35. The third-order valence-corrected chi connectivity index (χ3v) is 3.35. The lowest BCUT2D eigenvalue weighted by atomic mass is 10.0. The molecule has 2 rings (SSSR count). The van der Waals surface area contributed by atoms with E-state index in [4.69, 9.17) is 10.8 Å². The summed E-state index contributed by atoms with van der Waals surface area (Å²) >= 11 is 0. The van der Waals surface area contributed by atoms with Crippen LogP contribution in [0.4, 0.5) is 20.2 Å². The zero-order chi connectivity index (χ0) is 12.4. The summed E-state index contributed by atoms with van der Waals surface area (Å²) in [6, 6.07) is 2.30. The lowest BCUT2D eigenvalue weighted by molar-refractivity contribution is 0.222. The fraction of sp³-hybridized carbons (Fsp3) is 0.500. The van der Waals surface area contributed by atoms with Gasteiger partial charge in [0.15, 0.2) is 11.6 Å². The Hall–Kier alpha value is -1.36. The van der Waals surface area contributed by atoms with E-state index >= 15 is 0 Å². The summed E-state index contributed by atoms with van der Waals surface area (Å²) in [4.78, 5) is 0. The van der Waals surface area contributed by atoms with Gasteiger partial charge in [-0.15, -0.1) is 0 Å². The molecule has 0 aromatic heterocycles. The van der Waals surface area contributed by atoms with Gasteiger partial charge in [-0.2, -0.15) is 0 Å². The zero-order valence-electron chi connectivity index (χ0n) is 9.42. The maximum absolute atomic E-state index is 13.6. The Kier molecular flexibility index (Phi) is 3.47. The van der Waals surface area contributed by atoms with Crippen LogP contribution in [0.3, 0.4) is 0 Å². The largest absolute Gasteiger partial charge is 0.397 e. The summed E-state index contributed by atoms with van der Waals surface area (Å²) in [5.41, 5.74) is 5.82.